The van der Waals surface area contributed by atoms with E-state index in [0.717, 1.165) is 82.0 Å². The van der Waals surface area contributed by atoms with E-state index in [0.29, 0.717) is 53.8 Å². The number of aliphatic imine (C=N–C) groups is 1. The molecule has 236 valence electrons. The third-order valence-electron chi connectivity index (χ3n) is 8.42. The Morgan fingerprint density at radius 3 is 2.55 bits per heavy atom. The van der Waals surface area contributed by atoms with E-state index in [1.54, 1.807) is 18.5 Å². The predicted molar refractivity (Wildman–Crippen MR) is 169 cm³/mol. The summed E-state index contributed by atoms with van der Waals surface area (Å²) in [7, 11) is 0. The van der Waals surface area contributed by atoms with Gasteiger partial charge in [-0.25, -0.2) is 9.97 Å². The first-order valence-corrected chi connectivity index (χ1v) is 15.8. The van der Waals surface area contributed by atoms with Gasteiger partial charge in [-0.2, -0.15) is 0 Å². The number of nitrogens with two attached hydrogens (primary N) is 1. The van der Waals surface area contributed by atoms with Crippen LogP contribution in [0.25, 0.3) is 11.1 Å². The normalized spacial score (nSPS) is 22.0. The van der Waals surface area contributed by atoms with Crippen LogP contribution in [0.2, 0.25) is 5.02 Å². The maximum absolute atomic E-state index is 6.39. The number of hydrogen-bond donors (Lipinski definition) is 2. The zero-order valence-electron chi connectivity index (χ0n) is 25.1. The van der Waals surface area contributed by atoms with E-state index < -0.39 is 0 Å². The quantitative estimate of drug-likeness (QED) is 0.221. The molecular formula is C31H41ClN8O4. The van der Waals surface area contributed by atoms with Crippen molar-refractivity contribution in [3.05, 3.63) is 41.8 Å². The average Bonchev–Trinajstić information content (AvgIpc) is 3.43. The summed E-state index contributed by atoms with van der Waals surface area (Å²) in [5.74, 6) is 1.97. The van der Waals surface area contributed by atoms with Crippen molar-refractivity contribution in [3.8, 4) is 22.8 Å². The second kappa shape index (κ2) is 14.6. The van der Waals surface area contributed by atoms with Gasteiger partial charge in [-0.1, -0.05) is 17.7 Å². The number of nitrogens with zero attached hydrogens (tertiary/aromatic N) is 6. The molecule has 2 aromatic heterocycles. The van der Waals surface area contributed by atoms with Crippen LogP contribution in [0.15, 0.2) is 41.8 Å². The fraction of sp³-hybridized carbons (Fsp3) is 0.548. The van der Waals surface area contributed by atoms with Crippen LogP contribution < -0.4 is 20.5 Å². The molecule has 13 heteroatoms. The summed E-state index contributed by atoms with van der Waals surface area (Å²) >= 11 is 6.39. The number of anilines is 2. The van der Waals surface area contributed by atoms with Gasteiger partial charge in [-0.3, -0.25) is 14.6 Å². The molecule has 0 bridgehead atoms. The van der Waals surface area contributed by atoms with Crippen molar-refractivity contribution in [2.45, 2.75) is 50.8 Å². The first kappa shape index (κ1) is 30.6. The highest BCUT2D eigenvalue weighted by atomic mass is 35.5. The van der Waals surface area contributed by atoms with Crippen LogP contribution in [0.3, 0.4) is 0 Å². The molecule has 1 aliphatic carbocycles. The second-order valence-corrected chi connectivity index (χ2v) is 12.1. The van der Waals surface area contributed by atoms with Gasteiger partial charge in [-0.05, 0) is 50.3 Å². The van der Waals surface area contributed by atoms with Gasteiger partial charge in [0.2, 0.25) is 5.95 Å². The Morgan fingerprint density at radius 2 is 1.84 bits per heavy atom. The fourth-order valence-corrected chi connectivity index (χ4v) is 6.02. The zero-order valence-corrected chi connectivity index (χ0v) is 25.9. The molecule has 1 atom stereocenters. The molecule has 2 aliphatic heterocycles. The molecular weight excluding hydrogens is 584 g/mol. The van der Waals surface area contributed by atoms with Crippen LogP contribution in [0.4, 0.5) is 11.6 Å². The van der Waals surface area contributed by atoms with Crippen molar-refractivity contribution in [1.29, 1.82) is 0 Å². The Kier molecular flexibility index (Phi) is 10.1. The number of hydrogen-bond acceptors (Lipinski definition) is 10. The molecule has 3 N–H and O–H groups in total. The topological polar surface area (TPSA) is 134 Å². The molecule has 0 radical (unpaired) electrons. The molecule has 1 aromatic carbocycles. The van der Waals surface area contributed by atoms with Crippen LogP contribution in [0.5, 0.6) is 11.6 Å². The summed E-state index contributed by atoms with van der Waals surface area (Å²) in [6.07, 6.45) is 11.1. The van der Waals surface area contributed by atoms with Gasteiger partial charge in [0.25, 0.3) is 5.88 Å². The summed E-state index contributed by atoms with van der Waals surface area (Å²) in [6.45, 7) is 8.09. The SMILES string of the molecule is C[C@@H](CN=CN)Oc1cc(-c2cnc(Nc3cn(C4CCC(N5CCOCC5)CC4)nc3OCC3COC3)nc2)ccc1Cl. The van der Waals surface area contributed by atoms with Gasteiger partial charge in [0.1, 0.15) is 17.5 Å². The maximum atomic E-state index is 6.39. The summed E-state index contributed by atoms with van der Waals surface area (Å²) in [5, 5.41) is 8.74. The van der Waals surface area contributed by atoms with E-state index in [1.807, 2.05) is 25.3 Å². The van der Waals surface area contributed by atoms with Crippen LogP contribution in [-0.4, -0.2) is 95.8 Å². The van der Waals surface area contributed by atoms with E-state index in [2.05, 4.69) is 29.9 Å². The molecule has 3 aromatic rings. The monoisotopic (exact) mass is 624 g/mol. The molecule has 3 aliphatic rings. The van der Waals surface area contributed by atoms with Crippen LogP contribution in [0.1, 0.15) is 38.6 Å². The average molecular weight is 625 g/mol. The molecule has 1 saturated carbocycles. The van der Waals surface area contributed by atoms with E-state index in [9.17, 15) is 0 Å². The van der Waals surface area contributed by atoms with Crippen LogP contribution in [0, 0.1) is 5.92 Å². The molecule has 12 nitrogen and oxygen atoms in total. The smallest absolute Gasteiger partial charge is 0.256 e. The lowest BCUT2D eigenvalue weighted by Crippen LogP contribution is -2.45. The summed E-state index contributed by atoms with van der Waals surface area (Å²) in [6, 6.07) is 6.55. The number of benzene rings is 1. The van der Waals surface area contributed by atoms with Crippen molar-refractivity contribution in [2.75, 3.05) is 58.0 Å². The van der Waals surface area contributed by atoms with Gasteiger partial charge < -0.3 is 30.0 Å². The molecule has 0 amide bonds. The molecule has 6 rings (SSSR count). The van der Waals surface area contributed by atoms with Gasteiger partial charge in [0.15, 0.2) is 0 Å². The lowest BCUT2D eigenvalue weighted by Gasteiger charge is -2.38. The molecule has 3 fully saturated rings. The number of morpholine rings is 1. The third kappa shape index (κ3) is 7.60. The maximum Gasteiger partial charge on any atom is 0.256 e. The van der Waals surface area contributed by atoms with E-state index >= 15 is 0 Å². The number of aromatic nitrogens is 4. The summed E-state index contributed by atoms with van der Waals surface area (Å²) in [4.78, 5) is 15.8. The number of ether oxygens (including phenoxy) is 4. The molecule has 4 heterocycles. The lowest BCUT2D eigenvalue weighted by atomic mass is 9.90. The Bertz CT molecular complexity index is 1390. The van der Waals surface area contributed by atoms with Gasteiger partial charge in [0.05, 0.1) is 63.2 Å². The number of nitrogens with one attached hydrogen (secondary N) is 1. The van der Waals surface area contributed by atoms with Crippen molar-refractivity contribution >= 4 is 29.6 Å². The highest BCUT2D eigenvalue weighted by molar-refractivity contribution is 6.32. The van der Waals surface area contributed by atoms with Crippen molar-refractivity contribution in [1.82, 2.24) is 24.6 Å². The summed E-state index contributed by atoms with van der Waals surface area (Å²) in [5.41, 5.74) is 7.83. The Labute approximate surface area is 262 Å². The van der Waals surface area contributed by atoms with Gasteiger partial charge >= 0.3 is 0 Å². The first-order valence-electron chi connectivity index (χ1n) is 15.4. The Balaban J connectivity index is 1.13. The van der Waals surface area contributed by atoms with Gasteiger partial charge in [0, 0.05) is 43.0 Å². The standard InChI is InChI=1S/C31H41ClN8O4/c1-21(13-34-20-33)44-29-12-23(2-7-27(29)32)24-14-35-31(36-15-24)37-28-16-40(38-30(28)43-19-22-17-42-18-22)26-5-3-25(4-6-26)39-8-10-41-11-9-39/h2,7,12,14-16,20-22,25-26H,3-6,8-11,13,17-19H2,1H3,(H2,33,34)(H,35,36,37)/t21-,25?,26?/m0/s1. The Morgan fingerprint density at radius 1 is 1.09 bits per heavy atom. The summed E-state index contributed by atoms with van der Waals surface area (Å²) < 4.78 is 25.1. The lowest BCUT2D eigenvalue weighted by molar-refractivity contribution is -0.0514. The highest BCUT2D eigenvalue weighted by Crippen LogP contribution is 2.35. The highest BCUT2D eigenvalue weighted by Gasteiger charge is 2.29. The van der Waals surface area contributed by atoms with Crippen molar-refractivity contribution in [3.63, 3.8) is 0 Å². The minimum Gasteiger partial charge on any atom is -0.487 e. The zero-order chi connectivity index (χ0) is 30.3. The number of halogens is 1. The minimum absolute atomic E-state index is 0.181. The van der Waals surface area contributed by atoms with E-state index in [1.165, 1.54) is 6.34 Å². The van der Waals surface area contributed by atoms with E-state index in [4.69, 9.17) is 41.4 Å². The predicted octanol–water partition coefficient (Wildman–Crippen LogP) is 4.33. The largest absolute Gasteiger partial charge is 0.487 e. The molecule has 44 heavy (non-hydrogen) atoms. The Hall–Kier alpha value is -3.45. The molecule has 0 unspecified atom stereocenters. The number of rotatable bonds is 12. The van der Waals surface area contributed by atoms with Crippen molar-refractivity contribution in [2.24, 2.45) is 16.6 Å². The first-order chi connectivity index (χ1) is 21.6. The molecule has 2 saturated heterocycles. The van der Waals surface area contributed by atoms with Crippen molar-refractivity contribution < 1.29 is 18.9 Å². The second-order valence-electron chi connectivity index (χ2n) is 11.7. The molecule has 0 spiro atoms. The van der Waals surface area contributed by atoms with Crippen LogP contribution in [-0.2, 0) is 9.47 Å². The van der Waals surface area contributed by atoms with Gasteiger partial charge in [-0.15, -0.1) is 5.10 Å². The third-order valence-corrected chi connectivity index (χ3v) is 8.73. The van der Waals surface area contributed by atoms with E-state index in [-0.39, 0.29) is 6.10 Å². The fourth-order valence-electron chi connectivity index (χ4n) is 5.86. The van der Waals surface area contributed by atoms with Crippen LogP contribution >= 0.6 is 11.6 Å². The minimum atomic E-state index is -0.181.